The van der Waals surface area contributed by atoms with Crippen LogP contribution < -0.4 is 0 Å². The molecule has 1 aromatic carbocycles. The molecule has 0 spiro atoms. The van der Waals surface area contributed by atoms with E-state index in [9.17, 15) is 0 Å². The normalized spacial score (nSPS) is 15.7. The zero-order valence-electron chi connectivity index (χ0n) is 9.68. The molecule has 3 nitrogen and oxygen atoms in total. The fraction of sp³-hybridized carbons (Fsp3) is 0. The Balaban J connectivity index is 2.14. The van der Waals surface area contributed by atoms with Crippen LogP contribution in [-0.4, -0.2) is 10.9 Å². The molecule has 0 amide bonds. The molecule has 0 radical (unpaired) electrons. The van der Waals surface area contributed by atoms with E-state index in [1.54, 1.807) is 17.4 Å². The van der Waals surface area contributed by atoms with E-state index in [2.05, 4.69) is 25.9 Å². The Morgan fingerprint density at radius 1 is 1.26 bits per heavy atom. The highest BCUT2D eigenvalue weighted by Gasteiger charge is 2.19. The van der Waals surface area contributed by atoms with E-state index in [4.69, 9.17) is 16.3 Å². The molecule has 0 N–H and O–H groups in total. The summed E-state index contributed by atoms with van der Waals surface area (Å²) in [5.41, 5.74) is 2.51. The lowest BCUT2D eigenvalue weighted by molar-refractivity contribution is 0.504. The highest BCUT2D eigenvalue weighted by Crippen LogP contribution is 2.35. The van der Waals surface area contributed by atoms with E-state index in [1.165, 1.54) is 0 Å². The Morgan fingerprint density at radius 3 is 2.89 bits per heavy atom. The van der Waals surface area contributed by atoms with Gasteiger partial charge in [-0.3, -0.25) is 4.98 Å². The number of benzene rings is 1. The molecule has 5 heteroatoms. The maximum absolute atomic E-state index is 6.00. The van der Waals surface area contributed by atoms with Crippen LogP contribution in [-0.2, 0) is 4.74 Å². The van der Waals surface area contributed by atoms with Crippen molar-refractivity contribution in [2.24, 2.45) is 4.99 Å². The van der Waals surface area contributed by atoms with E-state index in [1.807, 2.05) is 30.3 Å². The second-order valence-corrected chi connectivity index (χ2v) is 4.79. The van der Waals surface area contributed by atoms with Crippen molar-refractivity contribution in [2.45, 2.75) is 0 Å². The molecule has 1 aliphatic rings. The summed E-state index contributed by atoms with van der Waals surface area (Å²) in [6.07, 6.45) is 3.42. The molecule has 0 bridgehead atoms. The molecule has 0 atom stereocenters. The van der Waals surface area contributed by atoms with Gasteiger partial charge in [-0.2, -0.15) is 0 Å². The van der Waals surface area contributed by atoms with Gasteiger partial charge in [-0.15, -0.1) is 0 Å². The zero-order chi connectivity index (χ0) is 13.2. The van der Waals surface area contributed by atoms with E-state index in [0.717, 1.165) is 16.8 Å². The molecule has 0 aliphatic carbocycles. The van der Waals surface area contributed by atoms with Gasteiger partial charge in [0.05, 0.1) is 11.3 Å². The van der Waals surface area contributed by atoms with Crippen LogP contribution >= 0.6 is 27.5 Å². The third kappa shape index (κ3) is 2.41. The van der Waals surface area contributed by atoms with Crippen molar-refractivity contribution in [3.05, 3.63) is 63.9 Å². The molecular weight excluding hydrogens is 328 g/mol. The van der Waals surface area contributed by atoms with E-state index < -0.39 is 0 Å². The van der Waals surface area contributed by atoms with Crippen molar-refractivity contribution >= 4 is 44.9 Å². The summed E-state index contributed by atoms with van der Waals surface area (Å²) in [5.74, 6) is 1.19. The number of rotatable bonds is 1. The van der Waals surface area contributed by atoms with Crippen LogP contribution in [0.15, 0.2) is 52.7 Å². The minimum absolute atomic E-state index is 0.522. The standard InChI is InChI=1S/C14H8BrClN2O/c15-7-13-11-6-10(16)3-4-12(11)18-14(19-13)9-2-1-5-17-8-9/h1-8H/b13-7-. The van der Waals surface area contributed by atoms with Crippen LogP contribution in [0.2, 0.25) is 5.02 Å². The number of nitrogens with zero attached hydrogens (tertiary/aromatic N) is 2. The third-order valence-corrected chi connectivity index (χ3v) is 3.31. The topological polar surface area (TPSA) is 34.5 Å². The zero-order valence-corrected chi connectivity index (χ0v) is 12.0. The van der Waals surface area contributed by atoms with Crippen LogP contribution in [0.5, 0.6) is 0 Å². The number of hydrogen-bond acceptors (Lipinski definition) is 3. The summed E-state index contributed by atoms with van der Waals surface area (Å²) in [6.45, 7) is 0. The Labute approximate surface area is 123 Å². The first-order valence-corrected chi connectivity index (χ1v) is 6.84. The van der Waals surface area contributed by atoms with Crippen molar-refractivity contribution in [1.82, 2.24) is 4.98 Å². The molecule has 0 saturated heterocycles. The summed E-state index contributed by atoms with van der Waals surface area (Å²) < 4.78 is 5.77. The summed E-state index contributed by atoms with van der Waals surface area (Å²) in [7, 11) is 0. The van der Waals surface area contributed by atoms with Crippen molar-refractivity contribution in [1.29, 1.82) is 0 Å². The molecule has 19 heavy (non-hydrogen) atoms. The van der Waals surface area contributed by atoms with Crippen LogP contribution in [0.1, 0.15) is 11.1 Å². The summed E-state index contributed by atoms with van der Waals surface area (Å²) in [5, 5.41) is 0.647. The van der Waals surface area contributed by atoms with E-state index in [0.29, 0.717) is 16.7 Å². The van der Waals surface area contributed by atoms with Crippen molar-refractivity contribution in [3.8, 4) is 0 Å². The van der Waals surface area contributed by atoms with Gasteiger partial charge in [0, 0.05) is 28.0 Å². The van der Waals surface area contributed by atoms with Gasteiger partial charge >= 0.3 is 0 Å². The third-order valence-electron chi connectivity index (χ3n) is 2.66. The highest BCUT2D eigenvalue weighted by molar-refractivity contribution is 9.11. The number of hydrogen-bond donors (Lipinski definition) is 0. The minimum Gasteiger partial charge on any atom is -0.437 e. The first kappa shape index (κ1) is 12.4. The lowest BCUT2D eigenvalue weighted by atomic mass is 10.1. The number of aliphatic imine (C=N–C) groups is 1. The smallest absolute Gasteiger partial charge is 0.228 e. The van der Waals surface area contributed by atoms with Gasteiger partial charge in [-0.25, -0.2) is 4.99 Å². The predicted molar refractivity (Wildman–Crippen MR) is 79.9 cm³/mol. The second-order valence-electron chi connectivity index (χ2n) is 3.90. The maximum atomic E-state index is 6.00. The Bertz CT molecular complexity index is 683. The van der Waals surface area contributed by atoms with E-state index >= 15 is 0 Å². The van der Waals surface area contributed by atoms with Crippen LogP contribution in [0.4, 0.5) is 5.69 Å². The Hall–Kier alpha value is -1.65. The molecule has 94 valence electrons. The Kier molecular flexibility index (Phi) is 3.36. The van der Waals surface area contributed by atoms with Crippen LogP contribution in [0.3, 0.4) is 0 Å². The fourth-order valence-electron chi connectivity index (χ4n) is 1.79. The quantitative estimate of drug-likeness (QED) is 0.767. The van der Waals surface area contributed by atoms with Crippen LogP contribution in [0.25, 0.3) is 5.76 Å². The van der Waals surface area contributed by atoms with Crippen molar-refractivity contribution in [3.63, 3.8) is 0 Å². The van der Waals surface area contributed by atoms with Gasteiger partial charge in [0.1, 0.15) is 5.76 Å². The van der Waals surface area contributed by atoms with Gasteiger partial charge in [0.15, 0.2) is 0 Å². The Morgan fingerprint density at radius 2 is 2.16 bits per heavy atom. The van der Waals surface area contributed by atoms with Gasteiger partial charge < -0.3 is 4.74 Å². The lowest BCUT2D eigenvalue weighted by Crippen LogP contribution is -2.10. The predicted octanol–water partition coefficient (Wildman–Crippen LogP) is 4.54. The first-order chi connectivity index (χ1) is 9.28. The second kappa shape index (κ2) is 5.15. The van der Waals surface area contributed by atoms with Crippen molar-refractivity contribution < 1.29 is 4.74 Å². The molecule has 2 heterocycles. The fourth-order valence-corrected chi connectivity index (χ4v) is 2.30. The monoisotopic (exact) mass is 334 g/mol. The number of ether oxygens (including phenoxy) is 1. The summed E-state index contributed by atoms with van der Waals surface area (Å²) >= 11 is 9.30. The number of aromatic nitrogens is 1. The number of fused-ring (bicyclic) bond motifs is 1. The summed E-state index contributed by atoms with van der Waals surface area (Å²) in [6, 6.07) is 9.25. The van der Waals surface area contributed by atoms with Gasteiger partial charge in [0.2, 0.25) is 5.90 Å². The molecule has 1 aliphatic heterocycles. The average molecular weight is 336 g/mol. The molecule has 0 saturated carbocycles. The molecule has 0 fully saturated rings. The SMILES string of the molecule is Clc1ccc2c(c1)/C(=C/Br)OC(c1cccnc1)=N2. The van der Waals surface area contributed by atoms with Crippen molar-refractivity contribution in [2.75, 3.05) is 0 Å². The molecular formula is C14H8BrClN2O. The largest absolute Gasteiger partial charge is 0.437 e. The van der Waals surface area contributed by atoms with Gasteiger partial charge in [0.25, 0.3) is 0 Å². The van der Waals surface area contributed by atoms with Gasteiger partial charge in [-0.05, 0) is 30.3 Å². The first-order valence-electron chi connectivity index (χ1n) is 5.55. The maximum Gasteiger partial charge on any atom is 0.228 e. The van der Waals surface area contributed by atoms with Gasteiger partial charge in [-0.1, -0.05) is 27.5 Å². The number of pyridine rings is 1. The highest BCUT2D eigenvalue weighted by atomic mass is 79.9. The molecule has 1 aromatic heterocycles. The van der Waals surface area contributed by atoms with E-state index in [-0.39, 0.29) is 0 Å². The molecule has 3 rings (SSSR count). The average Bonchev–Trinajstić information content (AvgIpc) is 2.47. The molecule has 0 unspecified atom stereocenters. The number of halogens is 2. The van der Waals surface area contributed by atoms with Crippen LogP contribution in [0, 0.1) is 0 Å². The lowest BCUT2D eigenvalue weighted by Gasteiger charge is -2.19. The molecule has 2 aromatic rings. The summed E-state index contributed by atoms with van der Waals surface area (Å²) in [4.78, 5) is 10.3. The minimum atomic E-state index is 0.522.